The molecule has 0 aliphatic carbocycles. The second-order valence-corrected chi connectivity index (χ2v) is 7.92. The zero-order chi connectivity index (χ0) is 22.9. The molecule has 2 aromatic rings. The summed E-state index contributed by atoms with van der Waals surface area (Å²) < 4.78 is 0. The first kappa shape index (κ1) is 23.3. The highest BCUT2D eigenvalue weighted by Gasteiger charge is 2.17. The molecule has 1 aliphatic heterocycles. The average Bonchev–Trinajstić information content (AvgIpc) is 2.77. The Morgan fingerprint density at radius 3 is 2.22 bits per heavy atom. The zero-order valence-electron chi connectivity index (χ0n) is 18.7. The van der Waals surface area contributed by atoms with Crippen molar-refractivity contribution in [3.05, 3.63) is 48.5 Å². The normalized spacial score (nSPS) is 14.0. The van der Waals surface area contributed by atoms with Gasteiger partial charge < -0.3 is 20.9 Å². The van der Waals surface area contributed by atoms with Crippen molar-refractivity contribution in [3.63, 3.8) is 0 Å². The first-order valence-corrected chi connectivity index (χ1v) is 10.9. The topological polar surface area (TPSA) is 93.8 Å². The Morgan fingerprint density at radius 2 is 1.56 bits per heavy atom. The summed E-state index contributed by atoms with van der Waals surface area (Å²) in [6.45, 7) is 7.89. The molecule has 1 saturated heterocycles. The molecule has 32 heavy (non-hydrogen) atoms. The number of carbonyl (C=O) groups excluding carboxylic acids is 3. The summed E-state index contributed by atoms with van der Waals surface area (Å²) in [6, 6.07) is 15.0. The number of amides is 4. The van der Waals surface area contributed by atoms with E-state index in [9.17, 15) is 14.4 Å². The van der Waals surface area contributed by atoms with Crippen molar-refractivity contribution in [2.24, 2.45) is 0 Å². The molecule has 8 heteroatoms. The lowest BCUT2D eigenvalue weighted by Gasteiger charge is -2.34. The van der Waals surface area contributed by atoms with Crippen LogP contribution in [0.1, 0.15) is 20.3 Å². The number of carbonyl (C=O) groups is 3. The summed E-state index contributed by atoms with van der Waals surface area (Å²) in [5.41, 5.74) is 3.44. The average molecular weight is 438 g/mol. The van der Waals surface area contributed by atoms with Gasteiger partial charge in [-0.25, -0.2) is 4.79 Å². The molecule has 1 fully saturated rings. The van der Waals surface area contributed by atoms with Crippen LogP contribution in [0.2, 0.25) is 0 Å². The Kier molecular flexibility index (Phi) is 8.21. The Balaban J connectivity index is 1.39. The molecule has 0 atom stereocenters. The van der Waals surface area contributed by atoms with Crippen LogP contribution in [0.25, 0.3) is 11.1 Å². The van der Waals surface area contributed by atoms with Crippen LogP contribution in [0.3, 0.4) is 0 Å². The van der Waals surface area contributed by atoms with Gasteiger partial charge in [0.15, 0.2) is 0 Å². The van der Waals surface area contributed by atoms with Crippen LogP contribution in [0, 0.1) is 0 Å². The standard InChI is InChI=1S/C24H31N5O3/c1-18(30)26-23-6-3-5-21(17-23)20-7-9-22(10-8-20)27-24(32)25-11-4-12-28-13-15-29(16-14-28)19(2)31/h3,5-10,17H,4,11-16H2,1-2H3,(H,26,30)(H2,25,27,32). The Bertz CT molecular complexity index is 937. The van der Waals surface area contributed by atoms with Crippen LogP contribution in [0.5, 0.6) is 0 Å². The van der Waals surface area contributed by atoms with Crippen molar-refractivity contribution >= 4 is 29.2 Å². The van der Waals surface area contributed by atoms with Crippen molar-refractivity contribution < 1.29 is 14.4 Å². The molecule has 0 aromatic heterocycles. The van der Waals surface area contributed by atoms with Crippen LogP contribution in [-0.2, 0) is 9.59 Å². The van der Waals surface area contributed by atoms with Crippen molar-refractivity contribution in [3.8, 4) is 11.1 Å². The lowest BCUT2D eigenvalue weighted by Crippen LogP contribution is -2.48. The fourth-order valence-electron chi connectivity index (χ4n) is 3.69. The maximum absolute atomic E-state index is 12.2. The number of hydrogen-bond acceptors (Lipinski definition) is 4. The van der Waals surface area contributed by atoms with Crippen LogP contribution in [-0.4, -0.2) is 66.9 Å². The fourth-order valence-corrected chi connectivity index (χ4v) is 3.69. The molecular weight excluding hydrogens is 406 g/mol. The molecule has 0 radical (unpaired) electrons. The van der Waals surface area contributed by atoms with Gasteiger partial charge in [-0.3, -0.25) is 14.5 Å². The number of nitrogens with zero attached hydrogens (tertiary/aromatic N) is 2. The zero-order valence-corrected chi connectivity index (χ0v) is 18.7. The van der Waals surface area contributed by atoms with E-state index in [1.807, 2.05) is 53.4 Å². The number of hydrogen-bond donors (Lipinski definition) is 3. The van der Waals surface area contributed by atoms with E-state index in [4.69, 9.17) is 0 Å². The van der Waals surface area contributed by atoms with Crippen molar-refractivity contribution in [1.29, 1.82) is 0 Å². The van der Waals surface area contributed by atoms with Gasteiger partial charge in [-0.05, 0) is 48.4 Å². The summed E-state index contributed by atoms with van der Waals surface area (Å²) in [4.78, 5) is 39.0. The highest BCUT2D eigenvalue weighted by atomic mass is 16.2. The van der Waals surface area contributed by atoms with E-state index in [1.165, 1.54) is 6.92 Å². The predicted molar refractivity (Wildman–Crippen MR) is 127 cm³/mol. The van der Waals surface area contributed by atoms with E-state index in [-0.39, 0.29) is 17.8 Å². The number of urea groups is 1. The monoisotopic (exact) mass is 437 g/mol. The van der Waals surface area contributed by atoms with Gasteiger partial charge in [-0.1, -0.05) is 24.3 Å². The van der Waals surface area contributed by atoms with Crippen LogP contribution >= 0.6 is 0 Å². The quantitative estimate of drug-likeness (QED) is 0.581. The first-order valence-electron chi connectivity index (χ1n) is 10.9. The molecule has 1 aliphatic rings. The highest BCUT2D eigenvalue weighted by molar-refractivity contribution is 5.90. The molecule has 1 heterocycles. The fraction of sp³-hybridized carbons (Fsp3) is 0.375. The van der Waals surface area contributed by atoms with Gasteiger partial charge in [-0.2, -0.15) is 0 Å². The minimum atomic E-state index is -0.230. The summed E-state index contributed by atoms with van der Waals surface area (Å²) in [5, 5.41) is 8.52. The minimum absolute atomic E-state index is 0.108. The molecule has 3 N–H and O–H groups in total. The van der Waals surface area contributed by atoms with Gasteiger partial charge in [0.1, 0.15) is 0 Å². The largest absolute Gasteiger partial charge is 0.340 e. The summed E-state index contributed by atoms with van der Waals surface area (Å²) in [6.07, 6.45) is 0.858. The van der Waals surface area contributed by atoms with Crippen LogP contribution in [0.15, 0.2) is 48.5 Å². The molecule has 2 aromatic carbocycles. The third kappa shape index (κ3) is 7.09. The Hall–Kier alpha value is -3.39. The van der Waals surface area contributed by atoms with Crippen LogP contribution in [0.4, 0.5) is 16.2 Å². The predicted octanol–water partition coefficient (Wildman–Crippen LogP) is 2.99. The molecule has 0 unspecified atom stereocenters. The van der Waals surface area contributed by atoms with E-state index in [0.717, 1.165) is 56.0 Å². The second-order valence-electron chi connectivity index (χ2n) is 7.92. The molecule has 170 valence electrons. The third-order valence-electron chi connectivity index (χ3n) is 5.41. The molecular formula is C24H31N5O3. The summed E-state index contributed by atoms with van der Waals surface area (Å²) >= 11 is 0. The Labute approximate surface area is 189 Å². The van der Waals surface area contributed by atoms with Gasteiger partial charge in [0, 0.05) is 57.9 Å². The summed E-state index contributed by atoms with van der Waals surface area (Å²) in [7, 11) is 0. The van der Waals surface area contributed by atoms with Crippen molar-refractivity contribution in [2.75, 3.05) is 49.9 Å². The number of piperazine rings is 1. The Morgan fingerprint density at radius 1 is 0.844 bits per heavy atom. The molecule has 0 saturated carbocycles. The van der Waals surface area contributed by atoms with E-state index in [0.29, 0.717) is 12.2 Å². The lowest BCUT2D eigenvalue weighted by molar-refractivity contribution is -0.130. The SMILES string of the molecule is CC(=O)Nc1cccc(-c2ccc(NC(=O)NCCCN3CCN(C(C)=O)CC3)cc2)c1. The number of nitrogens with one attached hydrogen (secondary N) is 3. The van der Waals surface area contributed by atoms with E-state index in [1.54, 1.807) is 6.92 Å². The number of anilines is 2. The maximum atomic E-state index is 12.2. The van der Waals surface area contributed by atoms with Crippen molar-refractivity contribution in [2.45, 2.75) is 20.3 Å². The van der Waals surface area contributed by atoms with Gasteiger partial charge in [0.25, 0.3) is 0 Å². The number of rotatable bonds is 7. The summed E-state index contributed by atoms with van der Waals surface area (Å²) in [5.74, 6) is 0.0257. The molecule has 0 bridgehead atoms. The second kappa shape index (κ2) is 11.3. The van der Waals surface area contributed by atoms with Gasteiger partial charge in [0.2, 0.25) is 11.8 Å². The molecule has 8 nitrogen and oxygen atoms in total. The molecule has 3 rings (SSSR count). The van der Waals surface area contributed by atoms with Crippen LogP contribution < -0.4 is 16.0 Å². The van der Waals surface area contributed by atoms with E-state index < -0.39 is 0 Å². The van der Waals surface area contributed by atoms with Gasteiger partial charge in [0.05, 0.1) is 0 Å². The van der Waals surface area contributed by atoms with E-state index >= 15 is 0 Å². The van der Waals surface area contributed by atoms with Gasteiger partial charge >= 0.3 is 6.03 Å². The minimum Gasteiger partial charge on any atom is -0.340 e. The van der Waals surface area contributed by atoms with Gasteiger partial charge in [-0.15, -0.1) is 0 Å². The van der Waals surface area contributed by atoms with E-state index in [2.05, 4.69) is 20.9 Å². The lowest BCUT2D eigenvalue weighted by atomic mass is 10.0. The maximum Gasteiger partial charge on any atom is 0.319 e. The smallest absolute Gasteiger partial charge is 0.319 e. The third-order valence-corrected chi connectivity index (χ3v) is 5.41. The number of benzene rings is 2. The van der Waals surface area contributed by atoms with Crippen molar-refractivity contribution in [1.82, 2.24) is 15.1 Å². The first-order chi connectivity index (χ1) is 15.4. The highest BCUT2D eigenvalue weighted by Crippen LogP contribution is 2.24. The molecule has 0 spiro atoms. The molecule has 4 amide bonds.